The fourth-order valence-electron chi connectivity index (χ4n) is 3.36. The van der Waals surface area contributed by atoms with Crippen LogP contribution < -0.4 is 4.80 Å². The van der Waals surface area contributed by atoms with Crippen LogP contribution >= 0.6 is 22.9 Å². The second-order valence-corrected chi connectivity index (χ2v) is 8.34. The van der Waals surface area contributed by atoms with E-state index in [1.165, 1.54) is 11.3 Å². The van der Waals surface area contributed by atoms with Crippen molar-refractivity contribution >= 4 is 39.7 Å². The topological polar surface area (TPSA) is 56.5 Å². The van der Waals surface area contributed by atoms with Gasteiger partial charge in [-0.15, -0.1) is 11.3 Å². The van der Waals surface area contributed by atoms with Crippen molar-refractivity contribution in [1.29, 1.82) is 0 Å². The minimum Gasteiger partial charge on any atom is -0.376 e. The molecule has 1 saturated heterocycles. The van der Waals surface area contributed by atoms with Crippen molar-refractivity contribution in [3.63, 3.8) is 0 Å². The number of aryl methyl sites for hydroxylation is 1. The number of hydrogen-bond donors (Lipinski definition) is 0. The van der Waals surface area contributed by atoms with E-state index in [1.807, 2.05) is 19.1 Å². The quantitative estimate of drug-likeness (QED) is 0.657. The largest absolute Gasteiger partial charge is 0.376 e. The van der Waals surface area contributed by atoms with Crippen LogP contribution in [0.1, 0.15) is 33.8 Å². The van der Waals surface area contributed by atoms with Crippen molar-refractivity contribution in [2.45, 2.75) is 39.3 Å². The van der Waals surface area contributed by atoms with Crippen LogP contribution in [-0.2, 0) is 11.3 Å². The summed E-state index contributed by atoms with van der Waals surface area (Å²) in [6.07, 6.45) is 3.97. The van der Waals surface area contributed by atoms with Crippen LogP contribution in [0.15, 0.2) is 35.5 Å². The lowest BCUT2D eigenvalue weighted by molar-refractivity contribution is 0.0946. The number of thiazole rings is 1. The molecule has 0 aliphatic carbocycles. The molecule has 1 aliphatic rings. The normalized spacial score (nSPS) is 17.7. The maximum absolute atomic E-state index is 13.0. The maximum atomic E-state index is 13.0. The van der Waals surface area contributed by atoms with Crippen LogP contribution in [0.3, 0.4) is 0 Å². The number of rotatable bonds is 3. The molecule has 0 N–H and O–H groups in total. The van der Waals surface area contributed by atoms with Crippen molar-refractivity contribution in [2.24, 2.45) is 4.99 Å². The lowest BCUT2D eigenvalue weighted by Gasteiger charge is -2.12. The van der Waals surface area contributed by atoms with Gasteiger partial charge in [-0.1, -0.05) is 17.7 Å². The SMILES string of the molecule is Cc1sc(=NC(=O)c2cc(Cl)cc3cccnc23)n(CC2CCCO2)c1C. The summed E-state index contributed by atoms with van der Waals surface area (Å²) in [4.78, 5) is 23.6. The van der Waals surface area contributed by atoms with Crippen LogP contribution in [-0.4, -0.2) is 28.2 Å². The number of carbonyl (C=O) groups is 1. The number of halogens is 1. The van der Waals surface area contributed by atoms with Gasteiger partial charge in [-0.25, -0.2) is 0 Å². The molecule has 1 aliphatic heterocycles. The highest BCUT2D eigenvalue weighted by molar-refractivity contribution is 7.09. The number of aromatic nitrogens is 2. The highest BCUT2D eigenvalue weighted by Gasteiger charge is 2.19. The molecule has 4 rings (SSSR count). The summed E-state index contributed by atoms with van der Waals surface area (Å²) in [6, 6.07) is 7.16. The van der Waals surface area contributed by atoms with E-state index in [1.54, 1.807) is 18.3 Å². The van der Waals surface area contributed by atoms with Gasteiger partial charge >= 0.3 is 0 Å². The average molecular weight is 402 g/mol. The number of fused-ring (bicyclic) bond motifs is 1. The van der Waals surface area contributed by atoms with Crippen molar-refractivity contribution < 1.29 is 9.53 Å². The first-order chi connectivity index (χ1) is 13.0. The molecular formula is C20H20ClN3O2S. The Hall–Kier alpha value is -2.02. The molecule has 3 aromatic rings. The molecule has 27 heavy (non-hydrogen) atoms. The second-order valence-electron chi connectivity index (χ2n) is 6.72. The average Bonchev–Trinajstić information content (AvgIpc) is 3.25. The molecule has 0 saturated carbocycles. The summed E-state index contributed by atoms with van der Waals surface area (Å²) < 4.78 is 7.86. The van der Waals surface area contributed by atoms with Crippen LogP contribution in [0, 0.1) is 13.8 Å². The molecule has 1 amide bonds. The minimum atomic E-state index is -0.330. The number of amides is 1. The number of nitrogens with zero attached hydrogens (tertiary/aromatic N) is 3. The van der Waals surface area contributed by atoms with Gasteiger partial charge in [-0.05, 0) is 44.9 Å². The molecule has 0 bridgehead atoms. The van der Waals surface area contributed by atoms with Gasteiger partial charge in [0.15, 0.2) is 4.80 Å². The molecular weight excluding hydrogens is 382 g/mol. The molecule has 0 radical (unpaired) electrons. The Morgan fingerprint density at radius 1 is 1.44 bits per heavy atom. The Bertz CT molecular complexity index is 1080. The number of pyridine rings is 1. The number of benzene rings is 1. The summed E-state index contributed by atoms with van der Waals surface area (Å²) in [7, 11) is 0. The fourth-order valence-corrected chi connectivity index (χ4v) is 4.56. The number of hydrogen-bond acceptors (Lipinski definition) is 4. The molecule has 2 aromatic heterocycles. The highest BCUT2D eigenvalue weighted by atomic mass is 35.5. The van der Waals surface area contributed by atoms with Crippen molar-refractivity contribution in [3.8, 4) is 0 Å². The summed E-state index contributed by atoms with van der Waals surface area (Å²) >= 11 is 7.73. The van der Waals surface area contributed by atoms with Gasteiger partial charge in [0.1, 0.15) is 0 Å². The van der Waals surface area contributed by atoms with Gasteiger partial charge < -0.3 is 9.30 Å². The summed E-state index contributed by atoms with van der Waals surface area (Å²) in [5.74, 6) is -0.330. The number of ether oxygens (including phenoxy) is 1. The van der Waals surface area contributed by atoms with Gasteiger partial charge in [0.25, 0.3) is 5.91 Å². The smallest absolute Gasteiger partial charge is 0.281 e. The Kier molecular flexibility index (Phi) is 5.12. The summed E-state index contributed by atoms with van der Waals surface area (Å²) in [5.41, 5.74) is 2.16. The molecule has 5 nitrogen and oxygen atoms in total. The van der Waals surface area contributed by atoms with Gasteiger partial charge in [0, 0.05) is 33.8 Å². The van der Waals surface area contributed by atoms with Crippen molar-refractivity contribution in [3.05, 3.63) is 56.4 Å². The van der Waals surface area contributed by atoms with Gasteiger partial charge in [0.05, 0.1) is 23.7 Å². The van der Waals surface area contributed by atoms with Gasteiger partial charge in [-0.2, -0.15) is 4.99 Å². The molecule has 7 heteroatoms. The van der Waals surface area contributed by atoms with Crippen LogP contribution in [0.4, 0.5) is 0 Å². The van der Waals surface area contributed by atoms with Crippen molar-refractivity contribution in [2.75, 3.05) is 6.61 Å². The first-order valence-electron chi connectivity index (χ1n) is 8.94. The zero-order valence-electron chi connectivity index (χ0n) is 15.2. The zero-order valence-corrected chi connectivity index (χ0v) is 16.8. The molecule has 1 unspecified atom stereocenters. The predicted octanol–water partition coefficient (Wildman–Crippen LogP) is 4.29. The molecule has 1 aromatic carbocycles. The molecule has 1 fully saturated rings. The Morgan fingerprint density at radius 2 is 2.30 bits per heavy atom. The second kappa shape index (κ2) is 7.54. The molecule has 140 valence electrons. The van der Waals surface area contributed by atoms with E-state index < -0.39 is 0 Å². The lowest BCUT2D eigenvalue weighted by Crippen LogP contribution is -2.25. The van der Waals surface area contributed by atoms with Crippen LogP contribution in [0.2, 0.25) is 5.02 Å². The van der Waals surface area contributed by atoms with E-state index in [2.05, 4.69) is 21.5 Å². The van der Waals surface area contributed by atoms with E-state index >= 15 is 0 Å². The zero-order chi connectivity index (χ0) is 19.0. The standard InChI is InChI=1S/C20H20ClN3O2S/c1-12-13(2)27-20(24(12)11-16-6-4-8-26-16)23-19(25)17-10-15(21)9-14-5-3-7-22-18(14)17/h3,5,7,9-10,16H,4,6,8,11H2,1-2H3. The summed E-state index contributed by atoms with van der Waals surface area (Å²) in [6.45, 7) is 5.63. The third-order valence-electron chi connectivity index (χ3n) is 4.90. The van der Waals surface area contributed by atoms with E-state index in [0.717, 1.165) is 42.0 Å². The Labute approximate surface area is 166 Å². The maximum Gasteiger partial charge on any atom is 0.281 e. The third kappa shape index (κ3) is 3.70. The van der Waals surface area contributed by atoms with Crippen LogP contribution in [0.25, 0.3) is 10.9 Å². The molecule has 0 spiro atoms. The van der Waals surface area contributed by atoms with E-state index in [4.69, 9.17) is 16.3 Å². The first-order valence-corrected chi connectivity index (χ1v) is 10.1. The predicted molar refractivity (Wildman–Crippen MR) is 107 cm³/mol. The van der Waals surface area contributed by atoms with Crippen molar-refractivity contribution in [1.82, 2.24) is 9.55 Å². The Balaban J connectivity index is 1.78. The molecule has 1 atom stereocenters. The third-order valence-corrected chi connectivity index (χ3v) is 6.21. The van der Waals surface area contributed by atoms with Gasteiger partial charge in [0.2, 0.25) is 0 Å². The van der Waals surface area contributed by atoms with Crippen LogP contribution in [0.5, 0.6) is 0 Å². The number of carbonyl (C=O) groups excluding carboxylic acids is 1. The highest BCUT2D eigenvalue weighted by Crippen LogP contribution is 2.23. The Morgan fingerprint density at radius 3 is 3.07 bits per heavy atom. The van der Waals surface area contributed by atoms with Gasteiger partial charge in [-0.3, -0.25) is 9.78 Å². The van der Waals surface area contributed by atoms with E-state index in [9.17, 15) is 4.79 Å². The van der Waals surface area contributed by atoms with E-state index in [-0.39, 0.29) is 12.0 Å². The summed E-state index contributed by atoms with van der Waals surface area (Å²) in [5, 5.41) is 1.33. The fraction of sp³-hybridized carbons (Fsp3) is 0.350. The lowest BCUT2D eigenvalue weighted by atomic mass is 10.1. The minimum absolute atomic E-state index is 0.181. The molecule has 3 heterocycles. The monoisotopic (exact) mass is 401 g/mol. The van der Waals surface area contributed by atoms with E-state index in [0.29, 0.717) is 20.9 Å². The first kappa shape index (κ1) is 18.3.